The van der Waals surface area contributed by atoms with Crippen LogP contribution in [0.4, 0.5) is 4.79 Å². The van der Waals surface area contributed by atoms with Gasteiger partial charge < -0.3 is 14.7 Å². The summed E-state index contributed by atoms with van der Waals surface area (Å²) < 4.78 is 4.97. The summed E-state index contributed by atoms with van der Waals surface area (Å²) in [7, 11) is 1.60. The average molecular weight is 145 g/mol. The van der Waals surface area contributed by atoms with Gasteiger partial charge in [-0.3, -0.25) is 0 Å². The molecule has 1 rings (SSSR count). The molecule has 0 aliphatic carbocycles. The van der Waals surface area contributed by atoms with Crippen LogP contribution in [0.5, 0.6) is 0 Å². The van der Waals surface area contributed by atoms with Crippen molar-refractivity contribution in [2.75, 3.05) is 13.7 Å². The quantitative estimate of drug-likeness (QED) is 0.580. The lowest BCUT2D eigenvalue weighted by molar-refractivity contribution is -0.0622. The molecule has 10 heavy (non-hydrogen) atoms. The van der Waals surface area contributed by atoms with Gasteiger partial charge in [-0.05, 0) is 6.92 Å². The van der Waals surface area contributed by atoms with Gasteiger partial charge in [0.15, 0.2) is 0 Å². The van der Waals surface area contributed by atoms with E-state index in [-0.39, 0.29) is 12.1 Å². The van der Waals surface area contributed by atoms with E-state index < -0.39 is 6.09 Å². The first kappa shape index (κ1) is 7.34. The van der Waals surface area contributed by atoms with Gasteiger partial charge in [-0.1, -0.05) is 0 Å². The lowest BCUT2D eigenvalue weighted by Gasteiger charge is -2.43. The molecule has 0 radical (unpaired) electrons. The number of rotatable bonds is 1. The first-order chi connectivity index (χ1) is 4.66. The molecule has 4 heteroatoms. The van der Waals surface area contributed by atoms with Crippen LogP contribution in [0.2, 0.25) is 0 Å². The topological polar surface area (TPSA) is 49.8 Å². The van der Waals surface area contributed by atoms with E-state index in [0.717, 1.165) is 0 Å². The van der Waals surface area contributed by atoms with Gasteiger partial charge in [-0.15, -0.1) is 0 Å². The number of amides is 1. The van der Waals surface area contributed by atoms with Crippen molar-refractivity contribution in [3.8, 4) is 0 Å². The van der Waals surface area contributed by atoms with Crippen LogP contribution in [0.25, 0.3) is 0 Å². The lowest BCUT2D eigenvalue weighted by Crippen LogP contribution is -2.60. The van der Waals surface area contributed by atoms with Gasteiger partial charge in [0.25, 0.3) is 0 Å². The van der Waals surface area contributed by atoms with E-state index in [1.807, 2.05) is 6.92 Å². The summed E-state index contributed by atoms with van der Waals surface area (Å²) in [5.74, 6) is 0. The van der Waals surface area contributed by atoms with Gasteiger partial charge in [-0.25, -0.2) is 4.79 Å². The molecule has 0 bridgehead atoms. The molecule has 0 saturated carbocycles. The second-order valence-electron chi connectivity index (χ2n) is 2.45. The number of carboxylic acid groups (broad SMARTS) is 1. The Hall–Kier alpha value is -0.770. The number of methoxy groups -OCH3 is 1. The second-order valence-corrected chi connectivity index (χ2v) is 2.45. The summed E-state index contributed by atoms with van der Waals surface area (Å²) in [6.07, 6.45) is -0.767. The summed E-state index contributed by atoms with van der Waals surface area (Å²) in [4.78, 5) is 11.7. The Kier molecular flexibility index (Phi) is 1.80. The van der Waals surface area contributed by atoms with Crippen molar-refractivity contribution in [3.63, 3.8) is 0 Å². The maximum atomic E-state index is 10.3. The number of likely N-dealkylation sites (tertiary alicyclic amines) is 1. The number of hydrogen-bond acceptors (Lipinski definition) is 2. The molecule has 1 unspecified atom stereocenters. The molecular formula is C6H11NO3. The standard InChI is InChI=1S/C6H11NO3/c1-4-5(10-2)3-7(4)6(8)9/h4-5H,3H2,1-2H3,(H,8,9)/t4-,5?/m0/s1. The molecule has 1 fully saturated rings. The zero-order chi connectivity index (χ0) is 7.72. The Morgan fingerprint density at radius 2 is 2.40 bits per heavy atom. The zero-order valence-electron chi connectivity index (χ0n) is 6.07. The van der Waals surface area contributed by atoms with E-state index in [0.29, 0.717) is 6.54 Å². The molecule has 1 N–H and O–H groups in total. The third-order valence-electron chi connectivity index (χ3n) is 1.95. The molecular weight excluding hydrogens is 134 g/mol. The summed E-state index contributed by atoms with van der Waals surface area (Å²) in [6.45, 7) is 2.35. The fourth-order valence-electron chi connectivity index (χ4n) is 1.10. The normalized spacial score (nSPS) is 31.6. The van der Waals surface area contributed by atoms with E-state index in [9.17, 15) is 4.79 Å². The number of nitrogens with zero attached hydrogens (tertiary/aromatic N) is 1. The number of hydrogen-bond donors (Lipinski definition) is 1. The second kappa shape index (κ2) is 2.46. The minimum absolute atomic E-state index is 0.0162. The fourth-order valence-corrected chi connectivity index (χ4v) is 1.10. The highest BCUT2D eigenvalue weighted by Gasteiger charge is 2.38. The molecule has 2 atom stereocenters. The smallest absolute Gasteiger partial charge is 0.407 e. The van der Waals surface area contributed by atoms with Crippen LogP contribution in [0.15, 0.2) is 0 Å². The molecule has 0 aromatic heterocycles. The van der Waals surface area contributed by atoms with Crippen molar-refractivity contribution >= 4 is 6.09 Å². The molecule has 0 aromatic rings. The monoisotopic (exact) mass is 145 g/mol. The van der Waals surface area contributed by atoms with Crippen molar-refractivity contribution in [1.82, 2.24) is 4.90 Å². The van der Waals surface area contributed by atoms with Crippen molar-refractivity contribution in [1.29, 1.82) is 0 Å². The largest absolute Gasteiger partial charge is 0.465 e. The molecule has 0 spiro atoms. The fraction of sp³-hybridized carbons (Fsp3) is 0.833. The van der Waals surface area contributed by atoms with E-state index in [4.69, 9.17) is 9.84 Å². The predicted octanol–water partition coefficient (Wildman–Crippen LogP) is 0.384. The van der Waals surface area contributed by atoms with Crippen molar-refractivity contribution in [3.05, 3.63) is 0 Å². The van der Waals surface area contributed by atoms with Gasteiger partial charge in [0.2, 0.25) is 0 Å². The van der Waals surface area contributed by atoms with E-state index in [2.05, 4.69) is 0 Å². The van der Waals surface area contributed by atoms with Crippen molar-refractivity contribution in [2.45, 2.75) is 19.1 Å². The van der Waals surface area contributed by atoms with Gasteiger partial charge in [0.05, 0.1) is 18.7 Å². The molecule has 4 nitrogen and oxygen atoms in total. The molecule has 0 aromatic carbocycles. The Morgan fingerprint density at radius 1 is 1.80 bits per heavy atom. The van der Waals surface area contributed by atoms with E-state index >= 15 is 0 Å². The lowest BCUT2D eigenvalue weighted by atomic mass is 10.0. The number of ether oxygens (including phenoxy) is 1. The van der Waals surface area contributed by atoms with Crippen molar-refractivity contribution < 1.29 is 14.6 Å². The van der Waals surface area contributed by atoms with Crippen LogP contribution in [-0.4, -0.2) is 41.9 Å². The van der Waals surface area contributed by atoms with E-state index in [1.54, 1.807) is 7.11 Å². The SMILES string of the molecule is COC1CN(C(=O)O)[C@H]1C. The zero-order valence-corrected chi connectivity index (χ0v) is 6.07. The van der Waals surface area contributed by atoms with Crippen molar-refractivity contribution in [2.24, 2.45) is 0 Å². The highest BCUT2D eigenvalue weighted by molar-refractivity contribution is 5.66. The minimum atomic E-state index is -0.860. The molecule has 1 aliphatic heterocycles. The van der Waals surface area contributed by atoms with Crippen LogP contribution in [0, 0.1) is 0 Å². The Bertz CT molecular complexity index is 148. The summed E-state index contributed by atoms with van der Waals surface area (Å²) in [5.41, 5.74) is 0. The average Bonchev–Trinajstić information content (AvgIpc) is 1.85. The molecule has 1 heterocycles. The molecule has 58 valence electrons. The Morgan fingerprint density at radius 3 is 2.70 bits per heavy atom. The van der Waals surface area contributed by atoms with Crippen LogP contribution < -0.4 is 0 Å². The third-order valence-corrected chi connectivity index (χ3v) is 1.95. The molecule has 1 aliphatic rings. The first-order valence-electron chi connectivity index (χ1n) is 3.19. The van der Waals surface area contributed by atoms with Crippen LogP contribution in [0.1, 0.15) is 6.92 Å². The summed E-state index contributed by atoms with van der Waals surface area (Å²) in [6, 6.07) is 0.0162. The molecule has 1 amide bonds. The van der Waals surface area contributed by atoms with Gasteiger partial charge >= 0.3 is 6.09 Å². The minimum Gasteiger partial charge on any atom is -0.465 e. The third kappa shape index (κ3) is 0.945. The maximum absolute atomic E-state index is 10.3. The predicted molar refractivity (Wildman–Crippen MR) is 35.0 cm³/mol. The number of carbonyl (C=O) groups is 1. The first-order valence-corrected chi connectivity index (χ1v) is 3.19. The maximum Gasteiger partial charge on any atom is 0.407 e. The van der Waals surface area contributed by atoms with Crippen LogP contribution in [0.3, 0.4) is 0 Å². The highest BCUT2D eigenvalue weighted by atomic mass is 16.5. The van der Waals surface area contributed by atoms with Crippen LogP contribution in [-0.2, 0) is 4.74 Å². The summed E-state index contributed by atoms with van der Waals surface area (Å²) in [5, 5.41) is 8.49. The van der Waals surface area contributed by atoms with Gasteiger partial charge in [0.1, 0.15) is 0 Å². The Labute approximate surface area is 59.4 Å². The highest BCUT2D eigenvalue weighted by Crippen LogP contribution is 2.19. The summed E-state index contributed by atoms with van der Waals surface area (Å²) >= 11 is 0. The van der Waals surface area contributed by atoms with Crippen LogP contribution >= 0.6 is 0 Å². The van der Waals surface area contributed by atoms with Gasteiger partial charge in [-0.2, -0.15) is 0 Å². The van der Waals surface area contributed by atoms with E-state index in [1.165, 1.54) is 4.90 Å². The Balaban J connectivity index is 2.39. The van der Waals surface area contributed by atoms with Gasteiger partial charge in [0, 0.05) is 7.11 Å². The molecule has 1 saturated heterocycles.